The van der Waals surface area contributed by atoms with Gasteiger partial charge in [-0.2, -0.15) is 0 Å². The number of nitrogens with zero attached hydrogens (tertiary/aromatic N) is 2. The number of amides is 1. The number of hydrogen-bond acceptors (Lipinski definition) is 5. The predicted octanol–water partition coefficient (Wildman–Crippen LogP) is 3.72. The van der Waals surface area contributed by atoms with Crippen LogP contribution in [0.3, 0.4) is 0 Å². The third-order valence-electron chi connectivity index (χ3n) is 4.17. The lowest BCUT2D eigenvalue weighted by atomic mass is 10.1. The average molecular weight is 397 g/mol. The molecule has 2 aromatic carbocycles. The summed E-state index contributed by atoms with van der Waals surface area (Å²) in [7, 11) is 1.65. The van der Waals surface area contributed by atoms with Crippen molar-refractivity contribution in [3.63, 3.8) is 0 Å². The Morgan fingerprint density at radius 1 is 1.07 bits per heavy atom. The molecule has 0 aliphatic carbocycles. The van der Waals surface area contributed by atoms with Crippen LogP contribution in [0.15, 0.2) is 60.9 Å². The van der Waals surface area contributed by atoms with Gasteiger partial charge >= 0.3 is 0 Å². The zero-order chi connectivity index (χ0) is 19.8. The molecule has 1 aromatic heterocycles. The number of anilines is 1. The molecule has 0 fully saturated rings. The van der Waals surface area contributed by atoms with Gasteiger partial charge in [0.2, 0.25) is 5.95 Å². The first-order valence-electron chi connectivity index (χ1n) is 8.86. The minimum Gasteiger partial charge on any atom is -0.497 e. The van der Waals surface area contributed by atoms with Crippen molar-refractivity contribution in [1.82, 2.24) is 15.3 Å². The minimum absolute atomic E-state index is 0.246. The second-order valence-electron chi connectivity index (χ2n) is 6.09. The molecule has 0 aliphatic rings. The maximum atomic E-state index is 12.2. The highest BCUT2D eigenvalue weighted by Gasteiger charge is 2.08. The Hall–Kier alpha value is -3.12. The van der Waals surface area contributed by atoms with E-state index in [9.17, 15) is 4.79 Å². The van der Waals surface area contributed by atoms with Crippen LogP contribution in [-0.4, -0.2) is 29.5 Å². The highest BCUT2D eigenvalue weighted by Crippen LogP contribution is 2.14. The number of ether oxygens (including phenoxy) is 1. The monoisotopic (exact) mass is 396 g/mol. The van der Waals surface area contributed by atoms with Gasteiger partial charge in [-0.05, 0) is 35.7 Å². The van der Waals surface area contributed by atoms with Crippen LogP contribution in [0.2, 0.25) is 5.02 Å². The van der Waals surface area contributed by atoms with Crippen molar-refractivity contribution in [2.24, 2.45) is 0 Å². The molecular formula is C21H21ClN4O2. The van der Waals surface area contributed by atoms with Crippen LogP contribution in [-0.2, 0) is 13.0 Å². The van der Waals surface area contributed by atoms with Gasteiger partial charge in [-0.3, -0.25) is 4.79 Å². The van der Waals surface area contributed by atoms with Crippen LogP contribution >= 0.6 is 11.6 Å². The molecule has 0 bridgehead atoms. The summed E-state index contributed by atoms with van der Waals surface area (Å²) in [5.74, 6) is 1.07. The van der Waals surface area contributed by atoms with E-state index in [1.807, 2.05) is 42.5 Å². The van der Waals surface area contributed by atoms with E-state index in [1.165, 1.54) is 18.0 Å². The quantitative estimate of drug-likeness (QED) is 0.606. The van der Waals surface area contributed by atoms with Gasteiger partial charge in [-0.1, -0.05) is 41.9 Å². The van der Waals surface area contributed by atoms with Gasteiger partial charge in [-0.25, -0.2) is 9.97 Å². The lowest BCUT2D eigenvalue weighted by molar-refractivity contribution is 0.0950. The van der Waals surface area contributed by atoms with Crippen molar-refractivity contribution in [3.8, 4) is 5.75 Å². The van der Waals surface area contributed by atoms with Gasteiger partial charge in [0.25, 0.3) is 5.91 Å². The molecule has 1 amide bonds. The zero-order valence-corrected chi connectivity index (χ0v) is 16.2. The van der Waals surface area contributed by atoms with Gasteiger partial charge in [-0.15, -0.1) is 0 Å². The summed E-state index contributed by atoms with van der Waals surface area (Å²) in [5, 5.41) is 6.59. The fourth-order valence-corrected chi connectivity index (χ4v) is 2.77. The summed E-state index contributed by atoms with van der Waals surface area (Å²) in [6.45, 7) is 1.03. The van der Waals surface area contributed by atoms with Crippen LogP contribution in [0.5, 0.6) is 5.75 Å². The molecule has 6 nitrogen and oxygen atoms in total. The molecule has 3 aromatic rings. The molecule has 0 saturated carbocycles. The average Bonchev–Trinajstić information content (AvgIpc) is 2.74. The van der Waals surface area contributed by atoms with Gasteiger partial charge < -0.3 is 15.4 Å². The summed E-state index contributed by atoms with van der Waals surface area (Å²) in [6.07, 6.45) is 3.84. The SMILES string of the molecule is COc1ccc(CCNc2ncc(C(=O)NCc3ccccc3Cl)cn2)cc1. The largest absolute Gasteiger partial charge is 0.497 e. The zero-order valence-electron chi connectivity index (χ0n) is 15.5. The molecule has 144 valence electrons. The number of rotatable bonds is 8. The number of methoxy groups -OCH3 is 1. The van der Waals surface area contributed by atoms with E-state index in [0.29, 0.717) is 29.6 Å². The summed E-state index contributed by atoms with van der Waals surface area (Å²) < 4.78 is 5.15. The summed E-state index contributed by atoms with van der Waals surface area (Å²) in [5.41, 5.74) is 2.44. The Kier molecular flexibility index (Phi) is 6.81. The van der Waals surface area contributed by atoms with Crippen LogP contribution in [0, 0.1) is 0 Å². The van der Waals surface area contributed by atoms with Crippen LogP contribution in [0.4, 0.5) is 5.95 Å². The normalized spacial score (nSPS) is 10.4. The first-order chi connectivity index (χ1) is 13.7. The Morgan fingerprint density at radius 3 is 2.46 bits per heavy atom. The number of carbonyl (C=O) groups excluding carboxylic acids is 1. The highest BCUT2D eigenvalue weighted by molar-refractivity contribution is 6.31. The van der Waals surface area contributed by atoms with E-state index in [2.05, 4.69) is 20.6 Å². The van der Waals surface area contributed by atoms with Crippen molar-refractivity contribution in [3.05, 3.63) is 82.6 Å². The second kappa shape index (κ2) is 9.71. The van der Waals surface area contributed by atoms with Crippen LogP contribution in [0.25, 0.3) is 0 Å². The number of hydrogen-bond donors (Lipinski definition) is 2. The number of benzene rings is 2. The van der Waals surface area contributed by atoms with Gasteiger partial charge in [0.05, 0.1) is 12.7 Å². The Labute approximate surface area is 168 Å². The van der Waals surface area contributed by atoms with Crippen molar-refractivity contribution >= 4 is 23.5 Å². The third kappa shape index (κ3) is 5.44. The molecule has 1 heterocycles. The fourth-order valence-electron chi connectivity index (χ4n) is 2.57. The van der Waals surface area contributed by atoms with E-state index >= 15 is 0 Å². The number of carbonyl (C=O) groups is 1. The van der Waals surface area contributed by atoms with E-state index in [-0.39, 0.29) is 5.91 Å². The molecule has 2 N–H and O–H groups in total. The number of halogens is 1. The molecule has 0 atom stereocenters. The Morgan fingerprint density at radius 2 is 1.79 bits per heavy atom. The molecule has 0 aliphatic heterocycles. The van der Waals surface area contributed by atoms with Gasteiger partial charge in [0.15, 0.2) is 0 Å². The van der Waals surface area contributed by atoms with Crippen LogP contribution in [0.1, 0.15) is 21.5 Å². The van der Waals surface area contributed by atoms with E-state index in [0.717, 1.165) is 17.7 Å². The standard InChI is InChI=1S/C21H21ClN4O2/c1-28-18-8-6-15(7-9-18)10-11-23-21-25-13-17(14-26-21)20(27)24-12-16-4-2-3-5-19(16)22/h2-9,13-14H,10-12H2,1H3,(H,24,27)(H,23,25,26). The van der Waals surface area contributed by atoms with Crippen molar-refractivity contribution < 1.29 is 9.53 Å². The maximum Gasteiger partial charge on any atom is 0.254 e. The van der Waals surface area contributed by atoms with E-state index in [4.69, 9.17) is 16.3 Å². The molecule has 0 spiro atoms. The summed E-state index contributed by atoms with van der Waals surface area (Å²) >= 11 is 6.09. The van der Waals surface area contributed by atoms with Crippen LogP contribution < -0.4 is 15.4 Å². The molecule has 0 saturated heterocycles. The van der Waals surface area contributed by atoms with Gasteiger partial charge in [0.1, 0.15) is 5.75 Å². The lowest BCUT2D eigenvalue weighted by Gasteiger charge is -2.08. The fraction of sp³-hybridized carbons (Fsp3) is 0.190. The first-order valence-corrected chi connectivity index (χ1v) is 9.24. The number of aromatic nitrogens is 2. The molecule has 28 heavy (non-hydrogen) atoms. The lowest BCUT2D eigenvalue weighted by Crippen LogP contribution is -2.23. The number of nitrogens with one attached hydrogen (secondary N) is 2. The molecular weight excluding hydrogens is 376 g/mol. The van der Waals surface area contributed by atoms with E-state index in [1.54, 1.807) is 13.2 Å². The van der Waals surface area contributed by atoms with Gasteiger partial charge in [0, 0.05) is 30.5 Å². The molecule has 0 unspecified atom stereocenters. The second-order valence-corrected chi connectivity index (χ2v) is 6.50. The maximum absolute atomic E-state index is 12.2. The molecule has 3 rings (SSSR count). The Balaban J connectivity index is 1.47. The summed E-state index contributed by atoms with van der Waals surface area (Å²) in [4.78, 5) is 20.6. The van der Waals surface area contributed by atoms with Crippen molar-refractivity contribution in [2.75, 3.05) is 19.0 Å². The van der Waals surface area contributed by atoms with Crippen molar-refractivity contribution in [1.29, 1.82) is 0 Å². The first kappa shape index (κ1) is 19.6. The highest BCUT2D eigenvalue weighted by atomic mass is 35.5. The smallest absolute Gasteiger partial charge is 0.254 e. The van der Waals surface area contributed by atoms with E-state index < -0.39 is 0 Å². The van der Waals surface area contributed by atoms with Crippen molar-refractivity contribution in [2.45, 2.75) is 13.0 Å². The molecule has 7 heteroatoms. The predicted molar refractivity (Wildman–Crippen MR) is 110 cm³/mol. The third-order valence-corrected chi connectivity index (χ3v) is 4.54. The molecule has 0 radical (unpaired) electrons. The topological polar surface area (TPSA) is 76.1 Å². The summed E-state index contributed by atoms with van der Waals surface area (Å²) in [6, 6.07) is 15.3. The Bertz CT molecular complexity index is 914. The minimum atomic E-state index is -0.246.